The highest BCUT2D eigenvalue weighted by Gasteiger charge is 2.46. The van der Waals surface area contributed by atoms with E-state index in [2.05, 4.69) is 0 Å². The van der Waals surface area contributed by atoms with Crippen LogP contribution in [0.5, 0.6) is 0 Å². The number of hydrogen-bond acceptors (Lipinski definition) is 3. The lowest BCUT2D eigenvalue weighted by atomic mass is 9.72. The van der Waals surface area contributed by atoms with Gasteiger partial charge in [-0.2, -0.15) is 0 Å². The van der Waals surface area contributed by atoms with Crippen LogP contribution in [-0.4, -0.2) is 28.3 Å². The predicted molar refractivity (Wildman–Crippen MR) is 68.2 cm³/mol. The molecule has 4 heteroatoms. The molecular weight excluding hydrogens is 230 g/mol. The van der Waals surface area contributed by atoms with Crippen molar-refractivity contribution in [3.63, 3.8) is 0 Å². The molecule has 0 saturated heterocycles. The van der Waals surface area contributed by atoms with Gasteiger partial charge in [0.25, 0.3) is 0 Å². The van der Waals surface area contributed by atoms with Gasteiger partial charge in [0.2, 0.25) is 0 Å². The molecule has 2 atom stereocenters. The second kappa shape index (κ2) is 5.08. The Morgan fingerprint density at radius 2 is 1.78 bits per heavy atom. The lowest BCUT2D eigenvalue weighted by Crippen LogP contribution is -2.52. The van der Waals surface area contributed by atoms with E-state index in [4.69, 9.17) is 10.8 Å². The van der Waals surface area contributed by atoms with Crippen molar-refractivity contribution in [2.75, 3.05) is 0 Å². The average molecular weight is 249 g/mol. The van der Waals surface area contributed by atoms with E-state index in [1.54, 1.807) is 0 Å². The molecule has 0 spiro atoms. The molecule has 1 fully saturated rings. The molecule has 4 nitrogen and oxygen atoms in total. The zero-order valence-electron chi connectivity index (χ0n) is 10.2. The standard InChI is InChI=1S/C14H19NO3/c15-11(13(17)18)12(16)14(8-4-5-9-14)10-6-2-1-3-7-10/h1-3,6-7,11-12,16H,4-5,8-9,15H2,(H,17,18). The molecule has 4 N–H and O–H groups in total. The highest BCUT2D eigenvalue weighted by atomic mass is 16.4. The van der Waals surface area contributed by atoms with Crippen molar-refractivity contribution in [2.24, 2.45) is 5.73 Å². The summed E-state index contributed by atoms with van der Waals surface area (Å²) in [5.41, 5.74) is 6.10. The van der Waals surface area contributed by atoms with E-state index in [1.165, 1.54) is 0 Å². The zero-order chi connectivity index (χ0) is 13.2. The third-order valence-corrected chi connectivity index (χ3v) is 4.04. The van der Waals surface area contributed by atoms with Crippen molar-refractivity contribution in [3.05, 3.63) is 35.9 Å². The Labute approximate surface area is 106 Å². The van der Waals surface area contributed by atoms with Crippen LogP contribution in [-0.2, 0) is 10.2 Å². The van der Waals surface area contributed by atoms with Gasteiger partial charge in [0.05, 0.1) is 6.10 Å². The van der Waals surface area contributed by atoms with Gasteiger partial charge in [-0.25, -0.2) is 0 Å². The number of aliphatic carboxylic acids is 1. The fourth-order valence-corrected chi connectivity index (χ4v) is 3.01. The van der Waals surface area contributed by atoms with Crippen LogP contribution in [0.25, 0.3) is 0 Å². The molecule has 2 rings (SSSR count). The first-order valence-electron chi connectivity index (χ1n) is 6.30. The maximum Gasteiger partial charge on any atom is 0.323 e. The van der Waals surface area contributed by atoms with Crippen LogP contribution < -0.4 is 5.73 Å². The van der Waals surface area contributed by atoms with E-state index < -0.39 is 23.5 Å². The third-order valence-electron chi connectivity index (χ3n) is 4.04. The van der Waals surface area contributed by atoms with Gasteiger partial charge in [-0.1, -0.05) is 43.2 Å². The Balaban J connectivity index is 2.36. The van der Waals surface area contributed by atoms with Gasteiger partial charge in [0.1, 0.15) is 6.04 Å². The first-order chi connectivity index (χ1) is 8.58. The molecule has 0 bridgehead atoms. The minimum Gasteiger partial charge on any atom is -0.480 e. The summed E-state index contributed by atoms with van der Waals surface area (Å²) in [5.74, 6) is -1.15. The van der Waals surface area contributed by atoms with Gasteiger partial charge in [0, 0.05) is 5.41 Å². The van der Waals surface area contributed by atoms with Crippen LogP contribution in [0.3, 0.4) is 0 Å². The molecule has 1 aromatic carbocycles. The molecule has 98 valence electrons. The zero-order valence-corrected chi connectivity index (χ0v) is 10.2. The number of nitrogens with two attached hydrogens (primary N) is 1. The summed E-state index contributed by atoms with van der Waals surface area (Å²) in [6, 6.07) is 8.40. The van der Waals surface area contributed by atoms with Crippen molar-refractivity contribution in [3.8, 4) is 0 Å². The summed E-state index contributed by atoms with van der Waals surface area (Å²) in [5, 5.41) is 19.4. The Morgan fingerprint density at radius 3 is 2.28 bits per heavy atom. The second-order valence-electron chi connectivity index (χ2n) is 5.04. The minimum atomic E-state index is -1.23. The fraction of sp³-hybridized carbons (Fsp3) is 0.500. The van der Waals surface area contributed by atoms with Crippen molar-refractivity contribution >= 4 is 5.97 Å². The molecular formula is C14H19NO3. The quantitative estimate of drug-likeness (QED) is 0.750. The molecule has 1 aliphatic carbocycles. The smallest absolute Gasteiger partial charge is 0.323 e. The van der Waals surface area contributed by atoms with E-state index in [1.807, 2.05) is 30.3 Å². The number of benzene rings is 1. The number of carboxylic acids is 1. The molecule has 18 heavy (non-hydrogen) atoms. The summed E-state index contributed by atoms with van der Waals surface area (Å²) >= 11 is 0. The fourth-order valence-electron chi connectivity index (χ4n) is 3.01. The summed E-state index contributed by atoms with van der Waals surface area (Å²) < 4.78 is 0. The lowest BCUT2D eigenvalue weighted by molar-refractivity contribution is -0.142. The summed E-state index contributed by atoms with van der Waals surface area (Å²) in [6.07, 6.45) is 2.54. The van der Waals surface area contributed by atoms with Crippen LogP contribution in [0.15, 0.2) is 30.3 Å². The summed E-state index contributed by atoms with van der Waals surface area (Å²) in [6.45, 7) is 0. The van der Waals surface area contributed by atoms with Gasteiger partial charge in [-0.15, -0.1) is 0 Å². The molecule has 1 aromatic rings. The van der Waals surface area contributed by atoms with Crippen LogP contribution in [0, 0.1) is 0 Å². The molecule has 1 saturated carbocycles. The molecule has 1 aliphatic rings. The number of aliphatic hydroxyl groups excluding tert-OH is 1. The van der Waals surface area contributed by atoms with Gasteiger partial charge >= 0.3 is 5.97 Å². The Hall–Kier alpha value is -1.39. The number of hydrogen-bond donors (Lipinski definition) is 3. The van der Waals surface area contributed by atoms with E-state index in [-0.39, 0.29) is 0 Å². The van der Waals surface area contributed by atoms with Crippen molar-refractivity contribution in [1.29, 1.82) is 0 Å². The van der Waals surface area contributed by atoms with Gasteiger partial charge in [0.15, 0.2) is 0 Å². The minimum absolute atomic E-state index is 0.501. The van der Waals surface area contributed by atoms with Crippen LogP contribution in [0.1, 0.15) is 31.2 Å². The van der Waals surface area contributed by atoms with Crippen LogP contribution in [0.2, 0.25) is 0 Å². The van der Waals surface area contributed by atoms with E-state index in [0.29, 0.717) is 0 Å². The SMILES string of the molecule is NC(C(=O)O)C(O)C1(c2ccccc2)CCCC1. The third kappa shape index (κ3) is 2.13. The molecule has 0 amide bonds. The normalized spacial score (nSPS) is 21.4. The molecule has 0 aliphatic heterocycles. The summed E-state index contributed by atoms with van der Waals surface area (Å²) in [4.78, 5) is 11.0. The predicted octanol–water partition coefficient (Wildman–Crippen LogP) is 1.27. The van der Waals surface area contributed by atoms with Gasteiger partial charge < -0.3 is 15.9 Å². The van der Waals surface area contributed by atoms with E-state index in [0.717, 1.165) is 31.2 Å². The number of rotatable bonds is 4. The van der Waals surface area contributed by atoms with Gasteiger partial charge in [-0.3, -0.25) is 4.79 Å². The maximum absolute atomic E-state index is 11.0. The highest BCUT2D eigenvalue weighted by Crippen LogP contribution is 2.44. The Kier molecular flexibility index (Phi) is 3.68. The van der Waals surface area contributed by atoms with Crippen LogP contribution in [0.4, 0.5) is 0 Å². The lowest BCUT2D eigenvalue weighted by Gasteiger charge is -2.36. The number of aliphatic hydroxyl groups is 1. The van der Waals surface area contributed by atoms with Crippen molar-refractivity contribution < 1.29 is 15.0 Å². The van der Waals surface area contributed by atoms with Crippen molar-refractivity contribution in [1.82, 2.24) is 0 Å². The average Bonchev–Trinajstić information content (AvgIpc) is 2.88. The monoisotopic (exact) mass is 249 g/mol. The topological polar surface area (TPSA) is 83.6 Å². The maximum atomic E-state index is 11.0. The molecule has 2 unspecified atom stereocenters. The molecule has 0 aromatic heterocycles. The largest absolute Gasteiger partial charge is 0.480 e. The van der Waals surface area contributed by atoms with E-state index >= 15 is 0 Å². The summed E-state index contributed by atoms with van der Waals surface area (Å²) in [7, 11) is 0. The van der Waals surface area contributed by atoms with Gasteiger partial charge in [-0.05, 0) is 18.4 Å². The molecule has 0 radical (unpaired) electrons. The van der Waals surface area contributed by atoms with E-state index in [9.17, 15) is 9.90 Å². The number of carbonyl (C=O) groups is 1. The Bertz CT molecular complexity index is 412. The van der Waals surface area contributed by atoms with Crippen LogP contribution >= 0.6 is 0 Å². The van der Waals surface area contributed by atoms with Crippen molar-refractivity contribution in [2.45, 2.75) is 43.2 Å². The number of carboxylic acid groups (broad SMARTS) is 1. The Morgan fingerprint density at radius 1 is 1.22 bits per heavy atom. The molecule has 0 heterocycles. The highest BCUT2D eigenvalue weighted by molar-refractivity contribution is 5.74. The second-order valence-corrected chi connectivity index (χ2v) is 5.04. The first kappa shape index (κ1) is 13.1. The first-order valence-corrected chi connectivity index (χ1v) is 6.30.